The number of pyridine rings is 1. The molecule has 1 N–H and O–H groups in total. The van der Waals surface area contributed by atoms with E-state index >= 15 is 0 Å². The summed E-state index contributed by atoms with van der Waals surface area (Å²) >= 11 is 1.31. The fourth-order valence-electron chi connectivity index (χ4n) is 3.01. The van der Waals surface area contributed by atoms with E-state index in [2.05, 4.69) is 15.3 Å². The predicted octanol–water partition coefficient (Wildman–Crippen LogP) is 3.33. The van der Waals surface area contributed by atoms with Crippen LogP contribution >= 0.6 is 11.3 Å². The molecule has 0 aliphatic rings. The number of rotatable bonds is 4. The molecule has 7 nitrogen and oxygen atoms in total. The number of hydrogen-bond acceptors (Lipinski definition) is 6. The topological polar surface area (TPSA) is 101 Å². The number of benzene rings is 1. The number of carbonyl (C=O) groups excluding carboxylic acids is 1. The highest BCUT2D eigenvalue weighted by atomic mass is 32.1. The van der Waals surface area contributed by atoms with Crippen LogP contribution in [0.25, 0.3) is 10.2 Å². The monoisotopic (exact) mass is 401 g/mol. The number of fused-ring (bicyclic) bond motifs is 1. The van der Waals surface area contributed by atoms with E-state index in [1.54, 1.807) is 37.4 Å². The molecular formula is C21H15N5O2S. The molecule has 4 aromatic rings. The molecule has 0 aliphatic heterocycles. The van der Waals surface area contributed by atoms with E-state index in [0.717, 1.165) is 5.69 Å². The molecule has 0 saturated heterocycles. The third kappa shape index (κ3) is 3.63. The van der Waals surface area contributed by atoms with Gasteiger partial charge in [-0.3, -0.25) is 19.1 Å². The lowest BCUT2D eigenvalue weighted by Gasteiger charge is -2.07. The fraction of sp³-hybridized carbons (Fsp3) is 0.0952. The highest BCUT2D eigenvalue weighted by Gasteiger charge is 2.21. The summed E-state index contributed by atoms with van der Waals surface area (Å²) in [5, 5.41) is 12.0. The quantitative estimate of drug-likeness (QED) is 0.565. The average molecular weight is 401 g/mol. The molecule has 142 valence electrons. The first kappa shape index (κ1) is 18.5. The Morgan fingerprint density at radius 3 is 2.69 bits per heavy atom. The molecule has 0 bridgehead atoms. The van der Waals surface area contributed by atoms with Gasteiger partial charge in [-0.05, 0) is 43.3 Å². The number of nitrogens with zero attached hydrogens (tertiary/aromatic N) is 4. The standard InChI is InChI=1S/C21H15N5O2S/c1-13-17(19(27)25-15-7-5-14(10-22)6-8-15)18-20(29-13)24-12-26(21(18)28)11-16-4-2-3-9-23-16/h2-9,12H,11H2,1H3,(H,25,27). The zero-order valence-electron chi connectivity index (χ0n) is 15.4. The summed E-state index contributed by atoms with van der Waals surface area (Å²) in [6.07, 6.45) is 3.15. The van der Waals surface area contributed by atoms with E-state index in [4.69, 9.17) is 5.26 Å². The second-order valence-electron chi connectivity index (χ2n) is 6.36. The van der Waals surface area contributed by atoms with Gasteiger partial charge in [-0.1, -0.05) is 6.07 Å². The molecule has 3 heterocycles. The van der Waals surface area contributed by atoms with Crippen molar-refractivity contribution in [1.82, 2.24) is 14.5 Å². The maximum atomic E-state index is 13.1. The average Bonchev–Trinajstić information content (AvgIpc) is 3.08. The van der Waals surface area contributed by atoms with Gasteiger partial charge in [0.25, 0.3) is 11.5 Å². The van der Waals surface area contributed by atoms with E-state index in [1.807, 2.05) is 24.3 Å². The number of aromatic nitrogens is 3. The fourth-order valence-corrected chi connectivity index (χ4v) is 3.99. The van der Waals surface area contributed by atoms with Crippen LogP contribution in [0.1, 0.15) is 26.5 Å². The van der Waals surface area contributed by atoms with Crippen LogP contribution in [0.4, 0.5) is 5.69 Å². The SMILES string of the molecule is Cc1sc2ncn(Cc3ccccn3)c(=O)c2c1C(=O)Nc1ccc(C#N)cc1. The number of amides is 1. The maximum absolute atomic E-state index is 13.1. The molecule has 1 amide bonds. The molecule has 0 saturated carbocycles. The third-order valence-corrected chi connectivity index (χ3v) is 5.43. The van der Waals surface area contributed by atoms with Gasteiger partial charge >= 0.3 is 0 Å². The minimum atomic E-state index is -0.382. The molecule has 8 heteroatoms. The Morgan fingerprint density at radius 1 is 1.21 bits per heavy atom. The summed E-state index contributed by atoms with van der Waals surface area (Å²) < 4.78 is 1.45. The summed E-state index contributed by atoms with van der Waals surface area (Å²) in [5.74, 6) is -0.382. The smallest absolute Gasteiger partial charge is 0.263 e. The van der Waals surface area contributed by atoms with Gasteiger partial charge in [-0.25, -0.2) is 4.98 Å². The zero-order chi connectivity index (χ0) is 20.4. The number of nitriles is 1. The Morgan fingerprint density at radius 2 is 2.00 bits per heavy atom. The van der Waals surface area contributed by atoms with Crippen molar-refractivity contribution in [3.63, 3.8) is 0 Å². The number of anilines is 1. The van der Waals surface area contributed by atoms with Crippen molar-refractivity contribution >= 4 is 33.1 Å². The Balaban J connectivity index is 1.72. The van der Waals surface area contributed by atoms with Crippen LogP contribution in [-0.4, -0.2) is 20.4 Å². The van der Waals surface area contributed by atoms with Crippen LogP contribution < -0.4 is 10.9 Å². The van der Waals surface area contributed by atoms with Crippen molar-refractivity contribution in [2.24, 2.45) is 0 Å². The Kier molecular flexibility index (Phi) is 4.89. The van der Waals surface area contributed by atoms with Crippen LogP contribution in [0, 0.1) is 18.3 Å². The molecule has 4 rings (SSSR count). The number of aryl methyl sites for hydroxylation is 1. The summed E-state index contributed by atoms with van der Waals surface area (Å²) in [4.78, 5) is 35.9. The summed E-state index contributed by atoms with van der Waals surface area (Å²) in [7, 11) is 0. The van der Waals surface area contributed by atoms with Crippen LogP contribution in [0.2, 0.25) is 0 Å². The molecule has 0 spiro atoms. The molecule has 1 aromatic carbocycles. The van der Waals surface area contributed by atoms with Crippen molar-refractivity contribution in [2.75, 3.05) is 5.32 Å². The number of thiophene rings is 1. The summed E-state index contributed by atoms with van der Waals surface area (Å²) in [5.41, 5.74) is 1.82. The minimum Gasteiger partial charge on any atom is -0.322 e. The highest BCUT2D eigenvalue weighted by Crippen LogP contribution is 2.27. The normalized spacial score (nSPS) is 10.6. The molecule has 0 aliphatic carbocycles. The van der Waals surface area contributed by atoms with Gasteiger partial charge in [0.1, 0.15) is 4.83 Å². The second-order valence-corrected chi connectivity index (χ2v) is 7.56. The number of nitrogens with one attached hydrogen (secondary N) is 1. The Bertz CT molecular complexity index is 1300. The zero-order valence-corrected chi connectivity index (χ0v) is 16.2. The molecular weight excluding hydrogens is 386 g/mol. The van der Waals surface area contributed by atoms with Gasteiger partial charge in [0.2, 0.25) is 0 Å². The molecule has 0 radical (unpaired) electrons. The van der Waals surface area contributed by atoms with E-state index in [0.29, 0.717) is 31.9 Å². The maximum Gasteiger partial charge on any atom is 0.263 e. The third-order valence-electron chi connectivity index (χ3n) is 4.41. The van der Waals surface area contributed by atoms with Crippen molar-refractivity contribution in [2.45, 2.75) is 13.5 Å². The van der Waals surface area contributed by atoms with Crippen molar-refractivity contribution in [3.8, 4) is 6.07 Å². The first-order chi connectivity index (χ1) is 14.1. The Hall–Kier alpha value is -3.83. The number of carbonyl (C=O) groups is 1. The largest absolute Gasteiger partial charge is 0.322 e. The molecule has 0 unspecified atom stereocenters. The van der Waals surface area contributed by atoms with Crippen molar-refractivity contribution in [3.05, 3.63) is 87.0 Å². The lowest BCUT2D eigenvalue weighted by Crippen LogP contribution is -2.23. The predicted molar refractivity (Wildman–Crippen MR) is 111 cm³/mol. The summed E-state index contributed by atoms with van der Waals surface area (Å²) in [6.45, 7) is 2.07. The molecule has 0 fully saturated rings. The first-order valence-electron chi connectivity index (χ1n) is 8.77. The molecule has 0 atom stereocenters. The lowest BCUT2D eigenvalue weighted by atomic mass is 10.1. The Labute approximate surface area is 169 Å². The second kappa shape index (κ2) is 7.66. The summed E-state index contributed by atoms with van der Waals surface area (Å²) in [6, 6.07) is 14.1. The minimum absolute atomic E-state index is 0.272. The van der Waals surface area contributed by atoms with E-state index in [9.17, 15) is 9.59 Å². The lowest BCUT2D eigenvalue weighted by molar-refractivity contribution is 0.102. The molecule has 29 heavy (non-hydrogen) atoms. The molecule has 3 aromatic heterocycles. The van der Waals surface area contributed by atoms with Crippen molar-refractivity contribution < 1.29 is 4.79 Å². The first-order valence-corrected chi connectivity index (χ1v) is 9.58. The van der Waals surface area contributed by atoms with Crippen molar-refractivity contribution in [1.29, 1.82) is 5.26 Å². The van der Waals surface area contributed by atoms with Gasteiger partial charge in [0, 0.05) is 16.8 Å². The number of hydrogen-bond donors (Lipinski definition) is 1. The van der Waals surface area contributed by atoms with Gasteiger partial charge < -0.3 is 5.32 Å². The van der Waals surface area contributed by atoms with Crippen LogP contribution in [0.15, 0.2) is 59.8 Å². The van der Waals surface area contributed by atoms with Gasteiger partial charge in [0.15, 0.2) is 0 Å². The highest BCUT2D eigenvalue weighted by molar-refractivity contribution is 7.19. The van der Waals surface area contributed by atoms with Crippen LogP contribution in [-0.2, 0) is 6.54 Å². The van der Waals surface area contributed by atoms with E-state index < -0.39 is 0 Å². The van der Waals surface area contributed by atoms with Crippen LogP contribution in [0.3, 0.4) is 0 Å². The van der Waals surface area contributed by atoms with E-state index in [-0.39, 0.29) is 18.0 Å². The van der Waals surface area contributed by atoms with E-state index in [1.165, 1.54) is 22.2 Å². The van der Waals surface area contributed by atoms with Gasteiger partial charge in [-0.15, -0.1) is 11.3 Å². The van der Waals surface area contributed by atoms with Gasteiger partial charge in [-0.2, -0.15) is 5.26 Å². The van der Waals surface area contributed by atoms with Gasteiger partial charge in [0.05, 0.1) is 41.1 Å². The van der Waals surface area contributed by atoms with Crippen LogP contribution in [0.5, 0.6) is 0 Å².